The molecule has 2 aromatic carbocycles. The van der Waals surface area contributed by atoms with Gasteiger partial charge in [-0.05, 0) is 67.1 Å². The van der Waals surface area contributed by atoms with Gasteiger partial charge in [0.25, 0.3) is 0 Å². The van der Waals surface area contributed by atoms with E-state index in [9.17, 15) is 28.3 Å². The number of methoxy groups -OCH3 is 1. The minimum Gasteiger partial charge on any atom is -0.497 e. The molecule has 0 bridgehead atoms. The minimum atomic E-state index is -1.54. The minimum absolute atomic E-state index is 0.0284. The number of hydrogen-bond acceptors (Lipinski definition) is 8. The van der Waals surface area contributed by atoms with E-state index in [4.69, 9.17) is 9.47 Å². The average Bonchev–Trinajstić information content (AvgIpc) is 3.06. The van der Waals surface area contributed by atoms with Gasteiger partial charge in [-0.1, -0.05) is 11.8 Å². The lowest BCUT2D eigenvalue weighted by molar-refractivity contribution is -0.143. The zero-order valence-corrected chi connectivity index (χ0v) is 25.1. The van der Waals surface area contributed by atoms with Crippen LogP contribution in [0.15, 0.2) is 36.5 Å². The van der Waals surface area contributed by atoms with Crippen molar-refractivity contribution in [2.24, 2.45) is 5.41 Å². The fourth-order valence-electron chi connectivity index (χ4n) is 6.17. The molecule has 0 radical (unpaired) electrons. The molecule has 9 nitrogen and oxygen atoms in total. The lowest BCUT2D eigenvalue weighted by Gasteiger charge is -2.40. The van der Waals surface area contributed by atoms with E-state index < -0.39 is 34.9 Å². The van der Waals surface area contributed by atoms with Gasteiger partial charge < -0.3 is 14.6 Å². The van der Waals surface area contributed by atoms with E-state index in [0.717, 1.165) is 47.3 Å². The van der Waals surface area contributed by atoms with Crippen LogP contribution in [-0.2, 0) is 16.1 Å². The first kappa shape index (κ1) is 32.7. The number of benzene rings is 2. The van der Waals surface area contributed by atoms with Crippen molar-refractivity contribution >= 4 is 16.8 Å². The van der Waals surface area contributed by atoms with Crippen molar-refractivity contribution in [1.29, 1.82) is 0 Å². The van der Waals surface area contributed by atoms with Crippen molar-refractivity contribution in [1.82, 2.24) is 20.3 Å². The number of aromatic nitrogens is 1. The monoisotopic (exact) mass is 626 g/mol. The molecule has 2 aliphatic rings. The van der Waals surface area contributed by atoms with Crippen LogP contribution in [0.3, 0.4) is 0 Å². The summed E-state index contributed by atoms with van der Waals surface area (Å²) in [6.45, 7) is 4.62. The Labute approximate surface area is 259 Å². The smallest absolute Gasteiger partial charge is 0.249 e. The van der Waals surface area contributed by atoms with Gasteiger partial charge in [0.05, 0.1) is 43.9 Å². The van der Waals surface area contributed by atoms with Crippen LogP contribution in [0.1, 0.15) is 48.5 Å². The van der Waals surface area contributed by atoms with Crippen molar-refractivity contribution in [3.63, 3.8) is 0 Å². The molecule has 3 heterocycles. The Kier molecular flexibility index (Phi) is 10.6. The number of nitrogens with zero attached hydrogens (tertiary/aromatic N) is 3. The van der Waals surface area contributed by atoms with E-state index in [1.165, 1.54) is 0 Å². The first-order chi connectivity index (χ1) is 21.7. The highest BCUT2D eigenvalue weighted by molar-refractivity contribution is 5.85. The average molecular weight is 627 g/mol. The number of likely N-dealkylation sites (tertiary alicyclic amines) is 1. The Morgan fingerprint density at radius 2 is 1.82 bits per heavy atom. The van der Waals surface area contributed by atoms with E-state index in [0.29, 0.717) is 57.9 Å². The van der Waals surface area contributed by atoms with Gasteiger partial charge in [-0.2, -0.15) is 0 Å². The number of halogens is 3. The summed E-state index contributed by atoms with van der Waals surface area (Å²) >= 11 is 0. The molecule has 2 aliphatic heterocycles. The molecule has 240 valence electrons. The maximum absolute atomic E-state index is 13.5. The number of carbonyl (C=O) groups excluding carboxylic acids is 1. The topological polar surface area (TPSA) is 107 Å². The molecular formula is C33H37F3N4O5. The number of piperidine rings is 1. The number of hydrogen-bond donors (Lipinski definition) is 3. The first-order valence-corrected chi connectivity index (χ1v) is 15.0. The molecule has 2 fully saturated rings. The number of nitrogens with one attached hydrogen (secondary N) is 1. The van der Waals surface area contributed by atoms with Gasteiger partial charge in [-0.25, -0.2) is 18.7 Å². The third-order valence-electron chi connectivity index (χ3n) is 8.84. The van der Waals surface area contributed by atoms with Crippen LogP contribution in [0.4, 0.5) is 13.2 Å². The van der Waals surface area contributed by atoms with Crippen LogP contribution in [0.5, 0.6) is 5.75 Å². The molecule has 3 aromatic rings. The summed E-state index contributed by atoms with van der Waals surface area (Å²) in [4.78, 5) is 21.9. The summed E-state index contributed by atoms with van der Waals surface area (Å²) < 4.78 is 51.2. The van der Waals surface area contributed by atoms with E-state index in [2.05, 4.69) is 21.7 Å². The highest BCUT2D eigenvalue weighted by Gasteiger charge is 2.41. The van der Waals surface area contributed by atoms with E-state index in [1.807, 2.05) is 28.6 Å². The summed E-state index contributed by atoms with van der Waals surface area (Å²) in [6, 6.07) is 7.23. The molecule has 45 heavy (non-hydrogen) atoms. The highest BCUT2D eigenvalue weighted by atomic mass is 19.2. The van der Waals surface area contributed by atoms with Crippen LogP contribution in [0.25, 0.3) is 10.9 Å². The van der Waals surface area contributed by atoms with Crippen LogP contribution >= 0.6 is 0 Å². The Hall–Kier alpha value is -3.73. The summed E-state index contributed by atoms with van der Waals surface area (Å²) in [5.41, 5.74) is 3.29. The van der Waals surface area contributed by atoms with Crippen LogP contribution in [-0.4, -0.2) is 84.1 Å². The molecule has 2 saturated heterocycles. The SMILES string of the molecule is COc1ccc2ncc(CN3CCOCC3)c(C(O)CCC3(C(=O)NO)CCN(CC#Cc4cc(F)c(F)c(F)c4)CC3)c2c1. The standard InChI is InChI=1S/C33H37F3N4O5/c1-44-24-4-5-28-25(19-24)30(23(20-37-28)21-40-13-15-45-16-14-40)29(41)6-7-33(32(42)38-43)8-11-39(12-9-33)10-2-3-22-17-26(34)31(36)27(35)18-22/h4-5,17-20,29,41,43H,6-16,21H2,1H3,(H,38,42). The molecule has 0 saturated carbocycles. The van der Waals surface area contributed by atoms with Crippen LogP contribution in [0, 0.1) is 34.7 Å². The third-order valence-corrected chi connectivity index (χ3v) is 8.84. The second-order valence-electron chi connectivity index (χ2n) is 11.6. The lowest BCUT2D eigenvalue weighted by Crippen LogP contribution is -2.48. The predicted molar refractivity (Wildman–Crippen MR) is 160 cm³/mol. The molecule has 1 atom stereocenters. The number of ether oxygens (including phenoxy) is 2. The Morgan fingerprint density at radius 3 is 2.49 bits per heavy atom. The number of aliphatic hydroxyl groups excluding tert-OH is 1. The Balaban J connectivity index is 1.30. The molecule has 5 rings (SSSR count). The number of amides is 1. The molecular weight excluding hydrogens is 589 g/mol. The number of fused-ring (bicyclic) bond motifs is 1. The number of rotatable bonds is 9. The second kappa shape index (κ2) is 14.6. The highest BCUT2D eigenvalue weighted by Crippen LogP contribution is 2.40. The van der Waals surface area contributed by atoms with E-state index in [-0.39, 0.29) is 18.5 Å². The van der Waals surface area contributed by atoms with Crippen molar-refractivity contribution in [2.45, 2.75) is 38.3 Å². The Morgan fingerprint density at radius 1 is 1.11 bits per heavy atom. The normalized spacial score (nSPS) is 17.8. The summed E-state index contributed by atoms with van der Waals surface area (Å²) in [5.74, 6) is 1.51. The Bertz CT molecular complexity index is 1560. The van der Waals surface area contributed by atoms with Gasteiger partial charge in [0.2, 0.25) is 5.91 Å². The van der Waals surface area contributed by atoms with E-state index >= 15 is 0 Å². The zero-order chi connectivity index (χ0) is 32.0. The lowest BCUT2D eigenvalue weighted by atomic mass is 9.73. The molecule has 1 aromatic heterocycles. The number of carbonyl (C=O) groups is 1. The van der Waals surface area contributed by atoms with Gasteiger partial charge in [-0.15, -0.1) is 0 Å². The van der Waals surface area contributed by atoms with Crippen LogP contribution < -0.4 is 10.2 Å². The molecule has 1 amide bonds. The second-order valence-corrected chi connectivity index (χ2v) is 11.6. The molecule has 1 unspecified atom stereocenters. The third kappa shape index (κ3) is 7.57. The molecule has 12 heteroatoms. The van der Waals surface area contributed by atoms with Crippen molar-refractivity contribution in [2.75, 3.05) is 53.0 Å². The fourth-order valence-corrected chi connectivity index (χ4v) is 6.17. The number of hydroxylamine groups is 1. The van der Waals surface area contributed by atoms with Crippen molar-refractivity contribution < 1.29 is 37.8 Å². The molecule has 0 aliphatic carbocycles. The number of aliphatic hydroxyl groups is 1. The molecule has 0 spiro atoms. The largest absolute Gasteiger partial charge is 0.497 e. The number of pyridine rings is 1. The fraction of sp³-hybridized carbons (Fsp3) is 0.455. The summed E-state index contributed by atoms with van der Waals surface area (Å²) in [7, 11) is 1.58. The van der Waals surface area contributed by atoms with E-state index in [1.54, 1.807) is 13.3 Å². The zero-order valence-electron chi connectivity index (χ0n) is 25.1. The first-order valence-electron chi connectivity index (χ1n) is 15.0. The summed E-state index contributed by atoms with van der Waals surface area (Å²) in [5, 5.41) is 22.1. The van der Waals surface area contributed by atoms with Crippen molar-refractivity contribution in [3.05, 3.63) is 70.7 Å². The van der Waals surface area contributed by atoms with Gasteiger partial charge in [0, 0.05) is 49.9 Å². The summed E-state index contributed by atoms with van der Waals surface area (Å²) in [6.07, 6.45) is 2.27. The van der Waals surface area contributed by atoms with Gasteiger partial charge in [0.1, 0.15) is 5.75 Å². The van der Waals surface area contributed by atoms with Gasteiger partial charge >= 0.3 is 0 Å². The quantitative estimate of drug-likeness (QED) is 0.142. The van der Waals surface area contributed by atoms with Crippen molar-refractivity contribution in [3.8, 4) is 17.6 Å². The number of morpholine rings is 1. The molecule has 3 N–H and O–H groups in total. The maximum atomic E-state index is 13.5. The maximum Gasteiger partial charge on any atom is 0.249 e. The van der Waals surface area contributed by atoms with Gasteiger partial charge in [0.15, 0.2) is 17.5 Å². The van der Waals surface area contributed by atoms with Crippen LogP contribution in [0.2, 0.25) is 0 Å². The predicted octanol–water partition coefficient (Wildman–Crippen LogP) is 3.95. The van der Waals surface area contributed by atoms with Gasteiger partial charge in [-0.3, -0.25) is 24.8 Å².